The number of para-hydroxylation sites is 1. The van der Waals surface area contributed by atoms with Crippen molar-refractivity contribution in [2.75, 3.05) is 30.0 Å². The molecule has 5 N–H and O–H groups in total. The van der Waals surface area contributed by atoms with E-state index in [9.17, 15) is 19.2 Å². The number of hydrogen-bond acceptors (Lipinski definition) is 8. The fourth-order valence-corrected chi connectivity index (χ4v) is 4.77. The molecule has 2 aliphatic rings. The fraction of sp³-hybridized carbons (Fsp3) is 0.333. The maximum Gasteiger partial charge on any atom is 0.273 e. The van der Waals surface area contributed by atoms with Gasteiger partial charge < -0.3 is 31.3 Å². The van der Waals surface area contributed by atoms with Crippen LogP contribution in [0.15, 0.2) is 48.5 Å². The Bertz CT molecular complexity index is 1600. The van der Waals surface area contributed by atoms with Crippen molar-refractivity contribution in [1.29, 1.82) is 0 Å². The minimum Gasteiger partial charge on any atom is -0.494 e. The summed E-state index contributed by atoms with van der Waals surface area (Å²) in [7, 11) is 1.36. The van der Waals surface area contributed by atoms with Gasteiger partial charge in [-0.25, -0.2) is 0 Å². The first-order chi connectivity index (χ1) is 21.5. The summed E-state index contributed by atoms with van der Waals surface area (Å²) < 4.78 is 27.7. The monoisotopic (exact) mass is 574 g/mol. The predicted molar refractivity (Wildman–Crippen MR) is 157 cm³/mol. The molecule has 5 rings (SSSR count). The highest BCUT2D eigenvalue weighted by Gasteiger charge is 2.30. The highest BCUT2D eigenvalue weighted by Crippen LogP contribution is 2.34. The van der Waals surface area contributed by atoms with Crippen LogP contribution in [0.5, 0.6) is 5.75 Å². The van der Waals surface area contributed by atoms with Crippen LogP contribution in [0.25, 0.3) is 0 Å². The van der Waals surface area contributed by atoms with E-state index in [1.165, 1.54) is 19.2 Å². The normalized spacial score (nSPS) is 15.9. The van der Waals surface area contributed by atoms with Gasteiger partial charge in [0.25, 0.3) is 17.7 Å². The molecule has 0 saturated heterocycles. The zero-order valence-electron chi connectivity index (χ0n) is 26.0. The van der Waals surface area contributed by atoms with Crippen molar-refractivity contribution in [2.45, 2.75) is 44.6 Å². The summed E-state index contributed by atoms with van der Waals surface area (Å²) in [6.45, 7) is -2.79. The van der Waals surface area contributed by atoms with Crippen molar-refractivity contribution in [3.05, 3.63) is 65.4 Å². The number of benzene rings is 2. The number of amides is 4. The number of nitrogens with one attached hydrogen (secondary N) is 5. The predicted octanol–water partition coefficient (Wildman–Crippen LogP) is 3.86. The number of carbonyl (C=O) groups excluding carboxylic acids is 4. The molecule has 4 amide bonds. The zero-order chi connectivity index (χ0) is 32.1. The van der Waals surface area contributed by atoms with E-state index in [4.69, 9.17) is 8.85 Å². The smallest absolute Gasteiger partial charge is 0.273 e. The van der Waals surface area contributed by atoms with Gasteiger partial charge in [-0.15, -0.1) is 10.2 Å². The van der Waals surface area contributed by atoms with Crippen molar-refractivity contribution < 1.29 is 28.0 Å². The lowest BCUT2D eigenvalue weighted by atomic mass is 10.1. The molecular formula is C30H33N7O5. The molecule has 2 aliphatic carbocycles. The Labute approximate surface area is 247 Å². The molecule has 0 spiro atoms. The van der Waals surface area contributed by atoms with Gasteiger partial charge in [0.1, 0.15) is 0 Å². The van der Waals surface area contributed by atoms with Crippen LogP contribution < -0.4 is 31.3 Å². The Kier molecular flexibility index (Phi) is 7.47. The third-order valence-corrected chi connectivity index (χ3v) is 7.15. The molecule has 0 bridgehead atoms. The molecule has 2 saturated carbocycles. The number of methoxy groups -OCH3 is 1. The van der Waals surface area contributed by atoms with Crippen LogP contribution >= 0.6 is 0 Å². The molecule has 1 heterocycles. The van der Waals surface area contributed by atoms with Crippen molar-refractivity contribution in [2.24, 2.45) is 5.92 Å². The molecule has 3 aromatic rings. The molecule has 12 nitrogen and oxygen atoms in total. The summed E-state index contributed by atoms with van der Waals surface area (Å²) in [6, 6.07) is 12.8. The zero-order valence-corrected chi connectivity index (χ0v) is 23.0. The number of rotatable bonds is 10. The summed E-state index contributed by atoms with van der Waals surface area (Å²) in [5, 5.41) is 21.1. The second-order valence-electron chi connectivity index (χ2n) is 10.2. The molecule has 0 atom stereocenters. The van der Waals surface area contributed by atoms with E-state index >= 15 is 0 Å². The molecular weight excluding hydrogens is 538 g/mol. The summed E-state index contributed by atoms with van der Waals surface area (Å²) in [5.41, 5.74) is 0.990. The Morgan fingerprint density at radius 2 is 1.64 bits per heavy atom. The molecule has 0 aliphatic heterocycles. The first-order valence-corrected chi connectivity index (χ1v) is 13.7. The van der Waals surface area contributed by atoms with E-state index in [2.05, 4.69) is 31.5 Å². The summed E-state index contributed by atoms with van der Waals surface area (Å²) in [5.74, 6) is -1.90. The van der Waals surface area contributed by atoms with E-state index in [0.717, 1.165) is 38.5 Å². The van der Waals surface area contributed by atoms with Crippen LogP contribution in [0.3, 0.4) is 0 Å². The highest BCUT2D eigenvalue weighted by molar-refractivity contribution is 6.08. The maximum atomic E-state index is 13.3. The molecule has 2 fully saturated rings. The second kappa shape index (κ2) is 12.7. The average Bonchev–Trinajstić information content (AvgIpc) is 3.73. The van der Waals surface area contributed by atoms with Gasteiger partial charge in [-0.05, 0) is 62.1 Å². The molecule has 0 radical (unpaired) electrons. The highest BCUT2D eigenvalue weighted by atomic mass is 16.5. The van der Waals surface area contributed by atoms with Crippen LogP contribution in [0.4, 0.5) is 22.9 Å². The summed E-state index contributed by atoms with van der Waals surface area (Å²) >= 11 is 0. The van der Waals surface area contributed by atoms with E-state index in [1.807, 2.05) is 5.32 Å². The largest absolute Gasteiger partial charge is 0.494 e. The number of hydrogen-bond donors (Lipinski definition) is 5. The van der Waals surface area contributed by atoms with Crippen molar-refractivity contribution >= 4 is 46.5 Å². The van der Waals surface area contributed by atoms with Gasteiger partial charge >= 0.3 is 0 Å². The minimum absolute atomic E-state index is 0.0141. The van der Waals surface area contributed by atoms with Gasteiger partial charge in [0.05, 0.1) is 24.0 Å². The van der Waals surface area contributed by atoms with Gasteiger partial charge in [-0.1, -0.05) is 18.9 Å². The van der Waals surface area contributed by atoms with E-state index in [1.54, 1.807) is 36.4 Å². The third-order valence-electron chi connectivity index (χ3n) is 7.15. The average molecular weight is 575 g/mol. The van der Waals surface area contributed by atoms with Crippen molar-refractivity contribution in [3.8, 4) is 5.75 Å². The standard InChI is InChI=1S/C30H33N7O5/c1-31-30(41)25-23(16-24(36-37-25)35-28(39)17-10-11-17)34-22-9-5-8-21(26(22)42-2)29(40)33-20-14-12-18(13-15-20)27(38)32-19-6-3-4-7-19/h5,8-9,12-17,19H,3-4,6-7,10-11H2,1-2H3,(H,31,41)(H,32,38)(H,33,40)(H2,34,35,36,39)/i1D3. The Hall–Kier alpha value is -5.00. The van der Waals surface area contributed by atoms with E-state index in [-0.39, 0.29) is 58.0 Å². The third kappa shape index (κ3) is 6.65. The molecule has 12 heteroatoms. The van der Waals surface area contributed by atoms with Crippen LogP contribution in [0.1, 0.15) is 73.8 Å². The first-order valence-electron chi connectivity index (χ1n) is 15.2. The Balaban J connectivity index is 1.36. The number of carbonyl (C=O) groups is 4. The first kappa shape index (κ1) is 24.8. The SMILES string of the molecule is [2H]C([2H])([2H])NC(=O)c1nnc(NC(=O)C2CC2)cc1Nc1cccc(C(=O)Nc2ccc(C(=O)NC3CCCC3)cc2)c1OC. The molecule has 42 heavy (non-hydrogen) atoms. The van der Waals surface area contributed by atoms with Crippen molar-refractivity contribution in [1.82, 2.24) is 20.8 Å². The number of ether oxygens (including phenoxy) is 1. The maximum absolute atomic E-state index is 13.3. The van der Waals surface area contributed by atoms with Gasteiger partial charge in [-0.3, -0.25) is 19.2 Å². The van der Waals surface area contributed by atoms with Crippen LogP contribution in [-0.2, 0) is 4.79 Å². The van der Waals surface area contributed by atoms with Gasteiger partial charge in [0.15, 0.2) is 17.3 Å². The van der Waals surface area contributed by atoms with Crippen LogP contribution in [0.2, 0.25) is 0 Å². The number of nitrogens with zero attached hydrogens (tertiary/aromatic N) is 2. The fourth-order valence-electron chi connectivity index (χ4n) is 4.77. The lowest BCUT2D eigenvalue weighted by Crippen LogP contribution is -2.32. The van der Waals surface area contributed by atoms with Gasteiger partial charge in [-0.2, -0.15) is 0 Å². The minimum atomic E-state index is -2.79. The second-order valence-corrected chi connectivity index (χ2v) is 10.2. The van der Waals surface area contributed by atoms with Gasteiger partial charge in [0.2, 0.25) is 5.91 Å². The Morgan fingerprint density at radius 3 is 2.33 bits per heavy atom. The molecule has 1 aromatic heterocycles. The number of anilines is 4. The quantitative estimate of drug-likeness (QED) is 0.244. The topological polar surface area (TPSA) is 163 Å². The van der Waals surface area contributed by atoms with E-state index < -0.39 is 18.8 Å². The lowest BCUT2D eigenvalue weighted by Gasteiger charge is -2.17. The molecule has 218 valence electrons. The van der Waals surface area contributed by atoms with Gasteiger partial charge in [0, 0.05) is 40.4 Å². The summed E-state index contributed by atoms with van der Waals surface area (Å²) in [4.78, 5) is 51.0. The Morgan fingerprint density at radius 1 is 0.881 bits per heavy atom. The van der Waals surface area contributed by atoms with Crippen LogP contribution in [-0.4, -0.2) is 54.0 Å². The molecule has 2 aromatic carbocycles. The van der Waals surface area contributed by atoms with Crippen LogP contribution in [0, 0.1) is 5.92 Å². The summed E-state index contributed by atoms with van der Waals surface area (Å²) in [6.07, 6.45) is 5.68. The molecule has 0 unspecified atom stereocenters. The van der Waals surface area contributed by atoms with Crippen molar-refractivity contribution in [3.63, 3.8) is 0 Å². The lowest BCUT2D eigenvalue weighted by molar-refractivity contribution is -0.117. The number of aromatic nitrogens is 2. The van der Waals surface area contributed by atoms with E-state index in [0.29, 0.717) is 11.3 Å².